The van der Waals surface area contributed by atoms with Gasteiger partial charge in [-0.3, -0.25) is 4.79 Å². The molecule has 0 spiro atoms. The molecule has 2 heterocycles. The minimum atomic E-state index is 0. The van der Waals surface area contributed by atoms with Crippen LogP contribution >= 0.6 is 24.8 Å². The molecule has 1 aliphatic carbocycles. The number of halogens is 2. The first-order chi connectivity index (χ1) is 10.1. The van der Waals surface area contributed by atoms with Crippen LogP contribution in [0.3, 0.4) is 0 Å². The van der Waals surface area contributed by atoms with Crippen molar-refractivity contribution in [2.45, 2.75) is 44.2 Å². The van der Waals surface area contributed by atoms with Crippen molar-refractivity contribution in [1.29, 1.82) is 0 Å². The molecular weight excluding hydrogens is 337 g/mol. The molecule has 128 valence electrons. The third-order valence-electron chi connectivity index (χ3n) is 4.13. The lowest BCUT2D eigenvalue weighted by molar-refractivity contribution is -0.121. The molecule has 3 N–H and O–H groups in total. The van der Waals surface area contributed by atoms with Gasteiger partial charge in [-0.2, -0.15) is 0 Å². The number of carbonyl (C=O) groups excluding carboxylic acids is 1. The lowest BCUT2D eigenvalue weighted by Gasteiger charge is -2.12. The molecule has 0 unspecified atom stereocenters. The Morgan fingerprint density at radius 2 is 2.22 bits per heavy atom. The molecule has 1 saturated carbocycles. The number of nitrogens with two attached hydrogens (primary N) is 1. The Bertz CT molecular complexity index is 660. The van der Waals surface area contributed by atoms with Gasteiger partial charge in [0.15, 0.2) is 5.65 Å². The maximum absolute atomic E-state index is 12.0. The number of pyridine rings is 1. The van der Waals surface area contributed by atoms with E-state index in [2.05, 4.69) is 15.3 Å². The van der Waals surface area contributed by atoms with Gasteiger partial charge in [0.25, 0.3) is 0 Å². The van der Waals surface area contributed by atoms with E-state index in [-0.39, 0.29) is 42.8 Å². The summed E-state index contributed by atoms with van der Waals surface area (Å²) in [5.74, 6) is 0.969. The van der Waals surface area contributed by atoms with E-state index in [1.165, 1.54) is 0 Å². The van der Waals surface area contributed by atoms with Crippen molar-refractivity contribution in [3.05, 3.63) is 24.2 Å². The number of nitrogens with zero attached hydrogens (tertiary/aromatic N) is 3. The topological polar surface area (TPSA) is 85.8 Å². The summed E-state index contributed by atoms with van der Waals surface area (Å²) in [5.41, 5.74) is 7.59. The van der Waals surface area contributed by atoms with Crippen LogP contribution in [0.4, 0.5) is 0 Å². The molecule has 1 fully saturated rings. The highest BCUT2D eigenvalue weighted by Crippen LogP contribution is 2.17. The number of rotatable bonds is 4. The van der Waals surface area contributed by atoms with Gasteiger partial charge in [0.1, 0.15) is 11.3 Å². The van der Waals surface area contributed by atoms with E-state index in [1.807, 2.05) is 23.7 Å². The summed E-state index contributed by atoms with van der Waals surface area (Å²) in [6.45, 7) is 0. The van der Waals surface area contributed by atoms with Crippen molar-refractivity contribution in [2.75, 3.05) is 0 Å². The molecule has 0 aliphatic heterocycles. The standard InChI is InChI=1S/C15H21N5O.2ClH/c1-20-13(19-12-3-2-8-17-15(12)20)6-7-14(21)18-11-5-4-10(16)9-11;;/h2-3,8,10-11H,4-7,9,16H2,1H3,(H,18,21);2*1H/t10-,11-;;/m1../s1. The fourth-order valence-electron chi connectivity index (χ4n) is 2.97. The number of carbonyl (C=O) groups is 1. The van der Waals surface area contributed by atoms with Crippen LogP contribution in [0.1, 0.15) is 31.5 Å². The predicted molar refractivity (Wildman–Crippen MR) is 95.1 cm³/mol. The largest absolute Gasteiger partial charge is 0.353 e. The van der Waals surface area contributed by atoms with Crippen molar-refractivity contribution >= 4 is 41.9 Å². The fourth-order valence-corrected chi connectivity index (χ4v) is 2.97. The zero-order valence-electron chi connectivity index (χ0n) is 13.1. The predicted octanol–water partition coefficient (Wildman–Crippen LogP) is 1.74. The molecule has 0 saturated heterocycles. The SMILES string of the molecule is Cl.Cl.Cn1c(CCC(=O)N[C@@H]2CC[C@@H](N)C2)nc2cccnc21. The quantitative estimate of drug-likeness (QED) is 0.870. The van der Waals surface area contributed by atoms with Crippen LogP contribution in [0.25, 0.3) is 11.2 Å². The Hall–Kier alpha value is -1.37. The summed E-state index contributed by atoms with van der Waals surface area (Å²) >= 11 is 0. The Morgan fingerprint density at radius 3 is 2.87 bits per heavy atom. The number of hydrogen-bond donors (Lipinski definition) is 2. The maximum atomic E-state index is 12.0. The van der Waals surface area contributed by atoms with Crippen molar-refractivity contribution in [2.24, 2.45) is 12.8 Å². The molecule has 0 radical (unpaired) electrons. The van der Waals surface area contributed by atoms with Gasteiger partial charge in [0, 0.05) is 38.2 Å². The van der Waals surface area contributed by atoms with E-state index < -0.39 is 0 Å². The average molecular weight is 360 g/mol. The molecule has 1 aliphatic rings. The van der Waals surface area contributed by atoms with E-state index in [9.17, 15) is 4.79 Å². The third kappa shape index (κ3) is 4.56. The lowest BCUT2D eigenvalue weighted by Crippen LogP contribution is -2.34. The van der Waals surface area contributed by atoms with Crippen molar-refractivity contribution in [1.82, 2.24) is 19.9 Å². The molecule has 0 bridgehead atoms. The molecule has 1 amide bonds. The summed E-state index contributed by atoms with van der Waals surface area (Å²) < 4.78 is 1.95. The normalized spacial score (nSPS) is 19.9. The number of fused-ring (bicyclic) bond motifs is 1. The molecule has 2 atom stereocenters. The van der Waals surface area contributed by atoms with Crippen LogP contribution in [-0.2, 0) is 18.3 Å². The number of amides is 1. The second-order valence-electron chi connectivity index (χ2n) is 5.77. The van der Waals surface area contributed by atoms with Crippen molar-refractivity contribution < 1.29 is 4.79 Å². The Balaban J connectivity index is 0.00000132. The zero-order chi connectivity index (χ0) is 14.8. The molecule has 3 rings (SSSR count). The van der Waals surface area contributed by atoms with Gasteiger partial charge >= 0.3 is 0 Å². The Kier molecular flexibility index (Phi) is 7.25. The van der Waals surface area contributed by atoms with Crippen LogP contribution in [-0.4, -0.2) is 32.5 Å². The molecule has 6 nitrogen and oxygen atoms in total. The fraction of sp³-hybridized carbons (Fsp3) is 0.533. The van der Waals surface area contributed by atoms with Crippen molar-refractivity contribution in [3.63, 3.8) is 0 Å². The monoisotopic (exact) mass is 359 g/mol. The molecule has 0 aromatic carbocycles. The van der Waals surface area contributed by atoms with Crippen LogP contribution < -0.4 is 11.1 Å². The smallest absolute Gasteiger partial charge is 0.220 e. The van der Waals surface area contributed by atoms with E-state index in [1.54, 1.807) is 6.20 Å². The van der Waals surface area contributed by atoms with Crippen molar-refractivity contribution in [3.8, 4) is 0 Å². The number of hydrogen-bond acceptors (Lipinski definition) is 4. The first-order valence-electron chi connectivity index (χ1n) is 7.45. The van der Waals surface area contributed by atoms with Crippen LogP contribution in [0.15, 0.2) is 18.3 Å². The van der Waals surface area contributed by atoms with Crippen LogP contribution in [0.2, 0.25) is 0 Å². The van der Waals surface area contributed by atoms with E-state index in [4.69, 9.17) is 5.73 Å². The highest BCUT2D eigenvalue weighted by atomic mass is 35.5. The highest BCUT2D eigenvalue weighted by Gasteiger charge is 2.23. The first-order valence-corrected chi connectivity index (χ1v) is 7.45. The number of nitrogens with one attached hydrogen (secondary N) is 1. The van der Waals surface area contributed by atoms with Gasteiger partial charge in [-0.1, -0.05) is 0 Å². The van der Waals surface area contributed by atoms with E-state index in [0.29, 0.717) is 12.8 Å². The number of aryl methyl sites for hydroxylation is 2. The van der Waals surface area contributed by atoms with E-state index in [0.717, 1.165) is 36.3 Å². The van der Waals surface area contributed by atoms with Gasteiger partial charge in [-0.25, -0.2) is 9.97 Å². The lowest BCUT2D eigenvalue weighted by atomic mass is 10.2. The maximum Gasteiger partial charge on any atom is 0.220 e. The first kappa shape index (κ1) is 19.7. The minimum Gasteiger partial charge on any atom is -0.353 e. The summed E-state index contributed by atoms with van der Waals surface area (Å²) in [5, 5.41) is 3.06. The second kappa shape index (κ2) is 8.47. The zero-order valence-corrected chi connectivity index (χ0v) is 14.7. The summed E-state index contributed by atoms with van der Waals surface area (Å²) in [7, 11) is 1.94. The van der Waals surface area contributed by atoms with E-state index >= 15 is 0 Å². The minimum absolute atomic E-state index is 0. The number of imidazole rings is 1. The van der Waals surface area contributed by atoms with Gasteiger partial charge in [0.2, 0.25) is 5.91 Å². The number of aromatic nitrogens is 3. The highest BCUT2D eigenvalue weighted by molar-refractivity contribution is 5.85. The van der Waals surface area contributed by atoms with Gasteiger partial charge in [-0.05, 0) is 31.4 Å². The van der Waals surface area contributed by atoms with Crippen LogP contribution in [0, 0.1) is 0 Å². The van der Waals surface area contributed by atoms with Gasteiger partial charge in [-0.15, -0.1) is 24.8 Å². The molecule has 8 heteroatoms. The molecule has 2 aromatic heterocycles. The summed E-state index contributed by atoms with van der Waals surface area (Å²) in [6.07, 6.45) is 5.70. The third-order valence-corrected chi connectivity index (χ3v) is 4.13. The summed E-state index contributed by atoms with van der Waals surface area (Å²) in [6, 6.07) is 4.29. The average Bonchev–Trinajstić information content (AvgIpc) is 3.01. The Morgan fingerprint density at radius 1 is 1.43 bits per heavy atom. The Labute approximate surface area is 148 Å². The second-order valence-corrected chi connectivity index (χ2v) is 5.77. The molecular formula is C15H23Cl2N5O. The van der Waals surface area contributed by atoms with Gasteiger partial charge < -0.3 is 15.6 Å². The summed E-state index contributed by atoms with van der Waals surface area (Å²) in [4.78, 5) is 20.8. The van der Waals surface area contributed by atoms with Gasteiger partial charge in [0.05, 0.1) is 0 Å². The van der Waals surface area contributed by atoms with Crippen LogP contribution in [0.5, 0.6) is 0 Å². The molecule has 2 aromatic rings. The molecule has 23 heavy (non-hydrogen) atoms.